The fourth-order valence-electron chi connectivity index (χ4n) is 1.19. The molecule has 0 aliphatic carbocycles. The third-order valence-corrected chi connectivity index (χ3v) is 4.00. The molecule has 0 spiro atoms. The van der Waals surface area contributed by atoms with Crippen molar-refractivity contribution < 1.29 is 0 Å². The minimum atomic E-state index is 1.07. The van der Waals surface area contributed by atoms with Gasteiger partial charge in [0.1, 0.15) is 0 Å². The summed E-state index contributed by atoms with van der Waals surface area (Å²) in [4.78, 5) is 5.58. The minimum absolute atomic E-state index is 1.07. The van der Waals surface area contributed by atoms with Crippen molar-refractivity contribution in [1.82, 2.24) is 4.98 Å². The largest absolute Gasteiger partial charge is 0.255 e. The average molecular weight is 221 g/mol. The van der Waals surface area contributed by atoms with E-state index >= 15 is 0 Å². The van der Waals surface area contributed by atoms with Gasteiger partial charge in [0.25, 0.3) is 0 Å². The summed E-state index contributed by atoms with van der Waals surface area (Å²) in [7, 11) is 0. The number of hydrogen-bond donors (Lipinski definition) is 0. The smallest absolute Gasteiger partial charge is 0.0802 e. The van der Waals surface area contributed by atoms with Crippen LogP contribution < -0.4 is 0 Å². The summed E-state index contributed by atoms with van der Waals surface area (Å²) < 4.78 is 1.37. The summed E-state index contributed by atoms with van der Waals surface area (Å²) in [5.41, 5.74) is 1.07. The van der Waals surface area contributed by atoms with Gasteiger partial charge in [-0.05, 0) is 30.0 Å². The summed E-state index contributed by atoms with van der Waals surface area (Å²) in [5.74, 6) is 1.13. The molecule has 0 amide bonds. The molecular formula is C11H11NS2. The summed E-state index contributed by atoms with van der Waals surface area (Å²) in [6.07, 6.45) is 1.84. The lowest BCUT2D eigenvalue weighted by Crippen LogP contribution is -1.75. The Morgan fingerprint density at radius 2 is 2.21 bits per heavy atom. The lowest BCUT2D eigenvalue weighted by atomic mass is 10.3. The predicted molar refractivity (Wildman–Crippen MR) is 63.9 cm³/mol. The topological polar surface area (TPSA) is 12.9 Å². The molecule has 0 aliphatic rings. The third-order valence-electron chi connectivity index (χ3n) is 1.79. The summed E-state index contributed by atoms with van der Waals surface area (Å²) in [5, 5.41) is 0. The van der Waals surface area contributed by atoms with Crippen LogP contribution in [0.5, 0.6) is 0 Å². The summed E-state index contributed by atoms with van der Waals surface area (Å²) >= 11 is 3.69. The highest BCUT2D eigenvalue weighted by Gasteiger charge is 2.02. The molecule has 14 heavy (non-hydrogen) atoms. The van der Waals surface area contributed by atoms with Gasteiger partial charge in [-0.15, -0.1) is 23.1 Å². The molecule has 0 saturated carbocycles. The molecule has 0 aromatic carbocycles. The van der Waals surface area contributed by atoms with Crippen LogP contribution in [0.3, 0.4) is 0 Å². The van der Waals surface area contributed by atoms with Crippen molar-refractivity contribution in [3.05, 3.63) is 36.5 Å². The lowest BCUT2D eigenvalue weighted by Gasteiger charge is -1.93. The van der Waals surface area contributed by atoms with E-state index in [0.29, 0.717) is 0 Å². The van der Waals surface area contributed by atoms with Gasteiger partial charge >= 0.3 is 0 Å². The number of aromatic nitrogens is 1. The lowest BCUT2D eigenvalue weighted by molar-refractivity contribution is 1.34. The van der Waals surface area contributed by atoms with E-state index in [-0.39, 0.29) is 0 Å². The number of thiophene rings is 1. The Kier molecular flexibility index (Phi) is 3.22. The van der Waals surface area contributed by atoms with E-state index in [1.807, 2.05) is 47.5 Å². The van der Waals surface area contributed by atoms with Gasteiger partial charge < -0.3 is 0 Å². The fourth-order valence-corrected chi connectivity index (χ4v) is 3.21. The maximum atomic E-state index is 4.32. The molecule has 0 atom stereocenters. The predicted octanol–water partition coefficient (Wildman–Crippen LogP) is 3.92. The molecular weight excluding hydrogens is 210 g/mol. The van der Waals surface area contributed by atoms with Gasteiger partial charge in [0.15, 0.2) is 0 Å². The molecule has 0 unspecified atom stereocenters. The Morgan fingerprint density at radius 3 is 2.93 bits per heavy atom. The first-order valence-electron chi connectivity index (χ1n) is 4.54. The van der Waals surface area contributed by atoms with Crippen LogP contribution >= 0.6 is 23.1 Å². The number of thioether (sulfide) groups is 1. The Labute approximate surface area is 92.2 Å². The van der Waals surface area contributed by atoms with Gasteiger partial charge in [-0.25, -0.2) is 0 Å². The van der Waals surface area contributed by atoms with Crippen LogP contribution in [0.2, 0.25) is 0 Å². The maximum Gasteiger partial charge on any atom is 0.0802 e. The fraction of sp³-hybridized carbons (Fsp3) is 0.182. The van der Waals surface area contributed by atoms with Crippen LogP contribution in [-0.2, 0) is 0 Å². The van der Waals surface area contributed by atoms with Crippen molar-refractivity contribution in [3.63, 3.8) is 0 Å². The van der Waals surface area contributed by atoms with Crippen LogP contribution in [0.1, 0.15) is 6.92 Å². The first-order valence-corrected chi connectivity index (χ1v) is 6.34. The van der Waals surface area contributed by atoms with E-state index in [0.717, 1.165) is 11.4 Å². The van der Waals surface area contributed by atoms with E-state index in [9.17, 15) is 0 Å². The van der Waals surface area contributed by atoms with E-state index < -0.39 is 0 Å². The van der Waals surface area contributed by atoms with Crippen LogP contribution in [0, 0.1) is 0 Å². The van der Waals surface area contributed by atoms with Gasteiger partial charge in [-0.1, -0.05) is 13.0 Å². The Morgan fingerprint density at radius 1 is 1.29 bits per heavy atom. The maximum absolute atomic E-state index is 4.32. The second-order valence-corrected chi connectivity index (χ2v) is 5.41. The van der Waals surface area contributed by atoms with E-state index in [1.54, 1.807) is 0 Å². The molecule has 3 heteroatoms. The highest BCUT2D eigenvalue weighted by molar-refractivity contribution is 8.01. The van der Waals surface area contributed by atoms with Crippen molar-refractivity contribution in [2.24, 2.45) is 0 Å². The number of rotatable bonds is 3. The van der Waals surface area contributed by atoms with Crippen LogP contribution in [-0.4, -0.2) is 10.7 Å². The zero-order chi connectivity index (χ0) is 9.80. The van der Waals surface area contributed by atoms with E-state index in [1.165, 1.54) is 9.09 Å². The molecule has 0 aliphatic heterocycles. The highest BCUT2D eigenvalue weighted by atomic mass is 32.2. The Hall–Kier alpha value is -0.800. The van der Waals surface area contributed by atoms with Gasteiger partial charge in [-0.3, -0.25) is 4.98 Å². The Balaban J connectivity index is 2.25. The zero-order valence-electron chi connectivity index (χ0n) is 7.93. The van der Waals surface area contributed by atoms with Gasteiger partial charge in [0.05, 0.1) is 14.8 Å². The number of hydrogen-bond acceptors (Lipinski definition) is 3. The minimum Gasteiger partial charge on any atom is -0.255 e. The molecule has 72 valence electrons. The van der Waals surface area contributed by atoms with Crippen LogP contribution in [0.4, 0.5) is 0 Å². The third kappa shape index (κ3) is 2.16. The van der Waals surface area contributed by atoms with Crippen molar-refractivity contribution >= 4 is 23.1 Å². The first kappa shape index (κ1) is 9.74. The first-order chi connectivity index (χ1) is 6.90. The number of nitrogens with zero attached hydrogens (tertiary/aromatic N) is 1. The summed E-state index contributed by atoms with van der Waals surface area (Å²) in [6, 6.07) is 10.3. The monoisotopic (exact) mass is 221 g/mol. The summed E-state index contributed by atoms with van der Waals surface area (Å²) in [6.45, 7) is 2.17. The van der Waals surface area contributed by atoms with E-state index in [2.05, 4.69) is 24.0 Å². The van der Waals surface area contributed by atoms with E-state index in [4.69, 9.17) is 0 Å². The highest BCUT2D eigenvalue weighted by Crippen LogP contribution is 2.32. The zero-order valence-corrected chi connectivity index (χ0v) is 9.57. The number of pyridine rings is 1. The molecule has 0 N–H and O–H groups in total. The van der Waals surface area contributed by atoms with Gasteiger partial charge in [0, 0.05) is 6.20 Å². The molecule has 2 rings (SSSR count). The second-order valence-electron chi connectivity index (χ2n) is 2.77. The molecule has 0 bridgehead atoms. The van der Waals surface area contributed by atoms with Crippen molar-refractivity contribution in [2.75, 3.05) is 5.75 Å². The van der Waals surface area contributed by atoms with Gasteiger partial charge in [0.2, 0.25) is 0 Å². The molecule has 0 radical (unpaired) electrons. The van der Waals surface area contributed by atoms with Crippen molar-refractivity contribution in [2.45, 2.75) is 11.1 Å². The average Bonchev–Trinajstić information content (AvgIpc) is 2.68. The normalized spacial score (nSPS) is 10.4. The molecule has 0 saturated heterocycles. The van der Waals surface area contributed by atoms with Crippen LogP contribution in [0.25, 0.3) is 10.6 Å². The second kappa shape index (κ2) is 4.62. The van der Waals surface area contributed by atoms with Gasteiger partial charge in [-0.2, -0.15) is 0 Å². The molecule has 2 aromatic rings. The Bertz CT molecular complexity index is 395. The molecule has 2 aromatic heterocycles. The molecule has 0 fully saturated rings. The van der Waals surface area contributed by atoms with Crippen LogP contribution in [0.15, 0.2) is 40.7 Å². The molecule has 1 nitrogen and oxygen atoms in total. The van der Waals surface area contributed by atoms with Crippen molar-refractivity contribution in [3.8, 4) is 10.6 Å². The quantitative estimate of drug-likeness (QED) is 0.729. The van der Waals surface area contributed by atoms with Crippen molar-refractivity contribution in [1.29, 1.82) is 0 Å². The molecule has 2 heterocycles. The SMILES string of the molecule is CCSc1ccc(-c2ccccn2)s1. The standard InChI is InChI=1S/C11H11NS2/c1-2-13-11-7-6-10(14-11)9-5-3-4-8-12-9/h3-8H,2H2,1H3.